The van der Waals surface area contributed by atoms with E-state index in [-0.39, 0.29) is 16.3 Å². The minimum Gasteiger partial charge on any atom is -0.497 e. The number of alkyl halides is 6. The van der Waals surface area contributed by atoms with Crippen LogP contribution in [0.3, 0.4) is 0 Å². The molecular weight excluding hydrogens is 340 g/mol. The summed E-state index contributed by atoms with van der Waals surface area (Å²) in [7, 11) is 1.18. The van der Waals surface area contributed by atoms with Gasteiger partial charge in [0.05, 0.1) is 17.6 Å². The summed E-state index contributed by atoms with van der Waals surface area (Å²) in [4.78, 5) is 1.80. The first-order valence-electron chi connectivity index (χ1n) is 5.68. The van der Waals surface area contributed by atoms with Gasteiger partial charge in [-0.2, -0.15) is 26.3 Å². The van der Waals surface area contributed by atoms with Crippen LogP contribution in [0, 0.1) is 0 Å². The fourth-order valence-corrected chi connectivity index (χ4v) is 2.29. The second-order valence-electron chi connectivity index (χ2n) is 4.39. The standard InChI is InChI=1S/C12H8ClF6NO2/c1-22-4-2-5-7(10(21)12(17,18)19)9(11(14,15)16)20-8(5)6(13)3-4/h2-3,10,20-21H,1H3. The van der Waals surface area contributed by atoms with Gasteiger partial charge in [-0.3, -0.25) is 0 Å². The van der Waals surface area contributed by atoms with E-state index >= 15 is 0 Å². The summed E-state index contributed by atoms with van der Waals surface area (Å²) in [6.07, 6.45) is -13.7. The highest BCUT2D eigenvalue weighted by Crippen LogP contribution is 2.45. The number of hydrogen-bond donors (Lipinski definition) is 2. The predicted molar refractivity (Wildman–Crippen MR) is 65.9 cm³/mol. The molecule has 0 fully saturated rings. The number of fused-ring (bicyclic) bond motifs is 1. The average molecular weight is 348 g/mol. The fourth-order valence-electron chi connectivity index (χ4n) is 2.04. The second kappa shape index (κ2) is 5.24. The zero-order chi connectivity index (χ0) is 16.9. The molecule has 1 heterocycles. The van der Waals surface area contributed by atoms with Crippen molar-refractivity contribution in [3.63, 3.8) is 0 Å². The Morgan fingerprint density at radius 3 is 2.23 bits per heavy atom. The molecule has 2 rings (SSSR count). The van der Waals surface area contributed by atoms with Crippen molar-refractivity contribution in [2.24, 2.45) is 0 Å². The molecule has 122 valence electrons. The molecule has 2 aromatic rings. The number of benzene rings is 1. The Bertz CT molecular complexity index is 706. The van der Waals surface area contributed by atoms with E-state index in [1.54, 1.807) is 4.98 Å². The van der Waals surface area contributed by atoms with Crippen LogP contribution in [0.2, 0.25) is 5.02 Å². The zero-order valence-electron chi connectivity index (χ0n) is 10.7. The number of nitrogens with one attached hydrogen (secondary N) is 1. The van der Waals surface area contributed by atoms with E-state index in [1.165, 1.54) is 7.11 Å². The first-order valence-corrected chi connectivity index (χ1v) is 6.05. The van der Waals surface area contributed by atoms with E-state index in [0.717, 1.165) is 12.1 Å². The number of halogens is 7. The lowest BCUT2D eigenvalue weighted by Crippen LogP contribution is -2.23. The summed E-state index contributed by atoms with van der Waals surface area (Å²) < 4.78 is 81.8. The smallest absolute Gasteiger partial charge is 0.431 e. The third kappa shape index (κ3) is 2.82. The summed E-state index contributed by atoms with van der Waals surface area (Å²) in [5.41, 5.74) is -3.41. The highest BCUT2D eigenvalue weighted by molar-refractivity contribution is 6.35. The van der Waals surface area contributed by atoms with Crippen LogP contribution in [0.25, 0.3) is 10.9 Å². The molecule has 1 unspecified atom stereocenters. The monoisotopic (exact) mass is 347 g/mol. The van der Waals surface area contributed by atoms with Crippen LogP contribution in [0.1, 0.15) is 17.4 Å². The van der Waals surface area contributed by atoms with Crippen LogP contribution in [0.5, 0.6) is 5.75 Å². The molecule has 22 heavy (non-hydrogen) atoms. The van der Waals surface area contributed by atoms with Gasteiger partial charge in [0.25, 0.3) is 0 Å². The molecule has 3 nitrogen and oxygen atoms in total. The van der Waals surface area contributed by atoms with Gasteiger partial charge in [-0.1, -0.05) is 11.6 Å². The SMILES string of the molecule is COc1cc(Cl)c2[nH]c(C(F)(F)F)c(C(O)C(F)(F)F)c2c1. The van der Waals surface area contributed by atoms with Crippen LogP contribution in [0.4, 0.5) is 26.3 Å². The molecule has 0 saturated heterocycles. The summed E-state index contributed by atoms with van der Waals surface area (Å²) in [6.45, 7) is 0. The van der Waals surface area contributed by atoms with E-state index in [9.17, 15) is 31.4 Å². The molecule has 0 spiro atoms. The van der Waals surface area contributed by atoms with Crippen LogP contribution in [-0.2, 0) is 6.18 Å². The van der Waals surface area contributed by atoms with Crippen LogP contribution >= 0.6 is 11.6 Å². The lowest BCUT2D eigenvalue weighted by molar-refractivity contribution is -0.209. The Kier molecular flexibility index (Phi) is 3.99. The van der Waals surface area contributed by atoms with Crippen LogP contribution in [-0.4, -0.2) is 23.4 Å². The molecule has 2 N–H and O–H groups in total. The highest BCUT2D eigenvalue weighted by Gasteiger charge is 2.47. The largest absolute Gasteiger partial charge is 0.497 e. The number of aromatic amines is 1. The van der Waals surface area contributed by atoms with Crippen molar-refractivity contribution >= 4 is 22.5 Å². The summed E-state index contributed by atoms with van der Waals surface area (Å²) in [6, 6.07) is 2.08. The van der Waals surface area contributed by atoms with Gasteiger partial charge >= 0.3 is 12.4 Å². The number of methoxy groups -OCH3 is 1. The van der Waals surface area contributed by atoms with Gasteiger partial charge in [0.15, 0.2) is 6.10 Å². The minimum absolute atomic E-state index is 0.0409. The van der Waals surface area contributed by atoms with E-state index in [2.05, 4.69) is 0 Å². The molecule has 0 bridgehead atoms. The summed E-state index contributed by atoms with van der Waals surface area (Å²) in [5.74, 6) is -0.0409. The first-order chi connectivity index (χ1) is 9.96. The van der Waals surface area contributed by atoms with Crippen molar-refractivity contribution in [3.05, 3.63) is 28.4 Å². The number of ether oxygens (including phenoxy) is 1. The normalized spacial score (nSPS) is 14.4. The second-order valence-corrected chi connectivity index (χ2v) is 4.79. The van der Waals surface area contributed by atoms with E-state index in [4.69, 9.17) is 16.3 Å². The number of aromatic nitrogens is 1. The van der Waals surface area contributed by atoms with Crippen molar-refractivity contribution in [2.45, 2.75) is 18.5 Å². The van der Waals surface area contributed by atoms with Gasteiger partial charge in [0.2, 0.25) is 0 Å². The molecule has 0 aliphatic heterocycles. The lowest BCUT2D eigenvalue weighted by atomic mass is 10.0. The van der Waals surface area contributed by atoms with Gasteiger partial charge in [0, 0.05) is 17.0 Å². The Hall–Kier alpha value is -1.61. The van der Waals surface area contributed by atoms with Crippen molar-refractivity contribution in [3.8, 4) is 5.75 Å². The molecule has 10 heteroatoms. The first kappa shape index (κ1) is 16.8. The molecule has 0 aliphatic carbocycles. The Morgan fingerprint density at radius 1 is 1.18 bits per heavy atom. The Labute approximate surface area is 124 Å². The van der Waals surface area contributed by atoms with Crippen molar-refractivity contribution in [1.82, 2.24) is 4.98 Å². The number of aliphatic hydroxyl groups excluding tert-OH is 1. The van der Waals surface area contributed by atoms with E-state index in [1.807, 2.05) is 0 Å². The van der Waals surface area contributed by atoms with Gasteiger partial charge in [-0.25, -0.2) is 0 Å². The Morgan fingerprint density at radius 2 is 1.77 bits per heavy atom. The molecule has 0 radical (unpaired) electrons. The third-order valence-electron chi connectivity index (χ3n) is 2.98. The van der Waals surface area contributed by atoms with Gasteiger partial charge < -0.3 is 14.8 Å². The predicted octanol–water partition coefficient (Wildman–Crippen LogP) is 4.44. The number of hydrogen-bond acceptors (Lipinski definition) is 2. The molecule has 1 aromatic heterocycles. The van der Waals surface area contributed by atoms with Gasteiger partial charge in [-0.15, -0.1) is 0 Å². The van der Waals surface area contributed by atoms with Crippen LogP contribution in [0.15, 0.2) is 12.1 Å². The van der Waals surface area contributed by atoms with E-state index in [0.29, 0.717) is 0 Å². The van der Waals surface area contributed by atoms with Crippen molar-refractivity contribution in [1.29, 1.82) is 0 Å². The van der Waals surface area contributed by atoms with Crippen molar-refractivity contribution in [2.75, 3.05) is 7.11 Å². The average Bonchev–Trinajstić information content (AvgIpc) is 2.76. The Balaban J connectivity index is 2.87. The molecule has 0 amide bonds. The number of aliphatic hydroxyl groups is 1. The maximum absolute atomic E-state index is 13.0. The highest BCUT2D eigenvalue weighted by atomic mass is 35.5. The molecule has 1 aromatic carbocycles. The molecule has 0 saturated carbocycles. The number of rotatable bonds is 2. The third-order valence-corrected chi connectivity index (χ3v) is 3.27. The summed E-state index contributed by atoms with van der Waals surface area (Å²) >= 11 is 5.75. The number of H-pyrrole nitrogens is 1. The van der Waals surface area contributed by atoms with Crippen LogP contribution < -0.4 is 4.74 Å². The zero-order valence-corrected chi connectivity index (χ0v) is 11.5. The maximum Gasteiger partial charge on any atom is 0.431 e. The molecule has 0 aliphatic rings. The topological polar surface area (TPSA) is 45.2 Å². The lowest BCUT2D eigenvalue weighted by Gasteiger charge is -2.17. The maximum atomic E-state index is 13.0. The quantitative estimate of drug-likeness (QED) is 0.789. The fraction of sp³-hybridized carbons (Fsp3) is 0.333. The van der Waals surface area contributed by atoms with E-state index < -0.39 is 35.1 Å². The van der Waals surface area contributed by atoms with Gasteiger partial charge in [0.1, 0.15) is 11.4 Å². The minimum atomic E-state index is -5.27. The van der Waals surface area contributed by atoms with Crippen molar-refractivity contribution < 1.29 is 36.2 Å². The molecular formula is C12H8ClF6NO2. The van der Waals surface area contributed by atoms with Gasteiger partial charge in [-0.05, 0) is 6.07 Å². The molecule has 1 atom stereocenters. The summed E-state index contributed by atoms with van der Waals surface area (Å²) in [5, 5.41) is 8.54.